The quantitative estimate of drug-likeness (QED) is 0.812. The van der Waals surface area contributed by atoms with Gasteiger partial charge < -0.3 is 10.1 Å². The van der Waals surface area contributed by atoms with Crippen LogP contribution in [0.2, 0.25) is 0 Å². The van der Waals surface area contributed by atoms with Gasteiger partial charge in [0.05, 0.1) is 5.56 Å². The van der Waals surface area contributed by atoms with Crippen LogP contribution in [-0.2, 0) is 9.53 Å². The molecule has 0 saturated heterocycles. The second kappa shape index (κ2) is 7.42. The van der Waals surface area contributed by atoms with Gasteiger partial charge >= 0.3 is 5.97 Å². The van der Waals surface area contributed by atoms with Crippen LogP contribution in [0.5, 0.6) is 0 Å². The highest BCUT2D eigenvalue weighted by molar-refractivity contribution is 9.10. The lowest BCUT2D eigenvalue weighted by Gasteiger charge is -2.15. The van der Waals surface area contributed by atoms with E-state index in [2.05, 4.69) is 21.2 Å². The number of benzene rings is 2. The molecular weight excluding hydrogens is 358 g/mol. The number of hydrogen-bond acceptors (Lipinski definition) is 3. The highest BCUT2D eigenvalue weighted by Crippen LogP contribution is 2.19. The van der Waals surface area contributed by atoms with Crippen LogP contribution in [0.1, 0.15) is 28.4 Å². The van der Waals surface area contributed by atoms with E-state index in [4.69, 9.17) is 4.74 Å². The SMILES string of the molecule is Cc1ccc(C)c(NC(=O)[C@H](C)OC(=O)c2ccccc2Br)c1. The number of carbonyl (C=O) groups excluding carboxylic acids is 2. The molecule has 0 aromatic heterocycles. The maximum absolute atomic E-state index is 12.2. The molecule has 0 aliphatic rings. The van der Waals surface area contributed by atoms with Crippen molar-refractivity contribution in [3.05, 3.63) is 63.6 Å². The zero-order valence-corrected chi connectivity index (χ0v) is 14.8. The van der Waals surface area contributed by atoms with Gasteiger partial charge in [-0.1, -0.05) is 24.3 Å². The molecule has 2 aromatic carbocycles. The number of halogens is 1. The fourth-order valence-corrected chi connectivity index (χ4v) is 2.46. The number of aryl methyl sites for hydroxylation is 2. The van der Waals surface area contributed by atoms with Crippen molar-refractivity contribution in [2.75, 3.05) is 5.32 Å². The average molecular weight is 376 g/mol. The largest absolute Gasteiger partial charge is 0.449 e. The van der Waals surface area contributed by atoms with Crippen molar-refractivity contribution in [2.24, 2.45) is 0 Å². The lowest BCUT2D eigenvalue weighted by Crippen LogP contribution is -2.30. The summed E-state index contributed by atoms with van der Waals surface area (Å²) in [7, 11) is 0. The second-order valence-electron chi connectivity index (χ2n) is 5.34. The van der Waals surface area contributed by atoms with Crippen molar-refractivity contribution in [1.82, 2.24) is 0 Å². The van der Waals surface area contributed by atoms with E-state index in [1.54, 1.807) is 31.2 Å². The van der Waals surface area contributed by atoms with Crippen molar-refractivity contribution < 1.29 is 14.3 Å². The normalized spacial score (nSPS) is 11.7. The fraction of sp³-hybridized carbons (Fsp3) is 0.222. The molecular formula is C18H18BrNO3. The first-order chi connectivity index (χ1) is 10.9. The molecule has 2 rings (SSSR count). The van der Waals surface area contributed by atoms with Crippen LogP contribution in [0, 0.1) is 13.8 Å². The third-order valence-electron chi connectivity index (χ3n) is 3.40. The maximum atomic E-state index is 12.2. The van der Waals surface area contributed by atoms with Crippen molar-refractivity contribution in [3.63, 3.8) is 0 Å². The minimum Gasteiger partial charge on any atom is -0.449 e. The van der Waals surface area contributed by atoms with Crippen molar-refractivity contribution >= 4 is 33.5 Å². The molecule has 1 N–H and O–H groups in total. The molecule has 2 aromatic rings. The first-order valence-electron chi connectivity index (χ1n) is 7.22. The van der Waals surface area contributed by atoms with Crippen LogP contribution < -0.4 is 5.32 Å². The molecule has 0 unspecified atom stereocenters. The van der Waals surface area contributed by atoms with Gasteiger partial charge in [0, 0.05) is 10.2 Å². The molecule has 1 atom stereocenters. The molecule has 0 spiro atoms. The summed E-state index contributed by atoms with van der Waals surface area (Å²) in [5.41, 5.74) is 3.11. The standard InChI is InChI=1S/C18H18BrNO3/c1-11-8-9-12(2)16(10-11)20-17(21)13(3)23-18(22)14-6-4-5-7-15(14)19/h4-10,13H,1-3H3,(H,20,21)/t13-/m0/s1. The molecule has 0 fully saturated rings. The average Bonchev–Trinajstić information content (AvgIpc) is 2.51. The van der Waals surface area contributed by atoms with Crippen LogP contribution in [0.15, 0.2) is 46.9 Å². The molecule has 23 heavy (non-hydrogen) atoms. The number of hydrogen-bond donors (Lipinski definition) is 1. The van der Waals surface area contributed by atoms with Crippen LogP contribution in [-0.4, -0.2) is 18.0 Å². The summed E-state index contributed by atoms with van der Waals surface area (Å²) in [4.78, 5) is 24.3. The van der Waals surface area contributed by atoms with Gasteiger partial charge in [-0.05, 0) is 66.0 Å². The highest BCUT2D eigenvalue weighted by atomic mass is 79.9. The molecule has 0 aliphatic carbocycles. The van der Waals surface area contributed by atoms with Crippen LogP contribution in [0.4, 0.5) is 5.69 Å². The number of carbonyl (C=O) groups is 2. The Bertz CT molecular complexity index is 743. The monoisotopic (exact) mass is 375 g/mol. The summed E-state index contributed by atoms with van der Waals surface area (Å²) >= 11 is 3.29. The van der Waals surface area contributed by atoms with E-state index in [-0.39, 0.29) is 5.91 Å². The molecule has 120 valence electrons. The Hall–Kier alpha value is -2.14. The fourth-order valence-electron chi connectivity index (χ4n) is 2.01. The molecule has 0 saturated carbocycles. The predicted octanol–water partition coefficient (Wildman–Crippen LogP) is 4.25. The number of anilines is 1. The second-order valence-corrected chi connectivity index (χ2v) is 6.19. The summed E-state index contributed by atoms with van der Waals surface area (Å²) in [5, 5.41) is 2.79. The predicted molar refractivity (Wildman–Crippen MR) is 93.6 cm³/mol. The number of nitrogens with one attached hydrogen (secondary N) is 1. The van der Waals surface area contributed by atoms with Crippen molar-refractivity contribution in [2.45, 2.75) is 26.9 Å². The lowest BCUT2D eigenvalue weighted by atomic mass is 10.1. The topological polar surface area (TPSA) is 55.4 Å². The number of rotatable bonds is 4. The van der Waals surface area contributed by atoms with Gasteiger partial charge in [-0.2, -0.15) is 0 Å². The Morgan fingerprint density at radius 2 is 1.83 bits per heavy atom. The summed E-state index contributed by atoms with van der Waals surface area (Å²) in [5.74, 6) is -0.903. The Kier molecular flexibility index (Phi) is 5.55. The Labute approximate surface area is 144 Å². The van der Waals surface area contributed by atoms with E-state index in [0.29, 0.717) is 10.0 Å². The molecule has 4 nitrogen and oxygen atoms in total. The molecule has 0 heterocycles. The minimum absolute atomic E-state index is 0.362. The van der Waals surface area contributed by atoms with Gasteiger partial charge in [0.1, 0.15) is 0 Å². The van der Waals surface area contributed by atoms with Gasteiger partial charge in [-0.25, -0.2) is 4.79 Å². The lowest BCUT2D eigenvalue weighted by molar-refractivity contribution is -0.123. The molecule has 0 bridgehead atoms. The summed E-state index contributed by atoms with van der Waals surface area (Å²) < 4.78 is 5.87. The van der Waals surface area contributed by atoms with Gasteiger partial charge in [0.25, 0.3) is 5.91 Å². The van der Waals surface area contributed by atoms with Crippen LogP contribution in [0.3, 0.4) is 0 Å². The van der Waals surface area contributed by atoms with Gasteiger partial charge in [-0.15, -0.1) is 0 Å². The van der Waals surface area contributed by atoms with E-state index in [1.807, 2.05) is 32.0 Å². The van der Waals surface area contributed by atoms with E-state index < -0.39 is 12.1 Å². The van der Waals surface area contributed by atoms with Gasteiger partial charge in [0.2, 0.25) is 0 Å². The van der Waals surface area contributed by atoms with Crippen molar-refractivity contribution in [1.29, 1.82) is 0 Å². The van der Waals surface area contributed by atoms with Crippen LogP contribution in [0.25, 0.3) is 0 Å². The number of ether oxygens (including phenoxy) is 1. The third-order valence-corrected chi connectivity index (χ3v) is 4.09. The van der Waals surface area contributed by atoms with Crippen LogP contribution >= 0.6 is 15.9 Å². The Balaban J connectivity index is 2.04. The maximum Gasteiger partial charge on any atom is 0.340 e. The third kappa shape index (κ3) is 4.42. The number of esters is 1. The molecule has 0 aliphatic heterocycles. The van der Waals surface area contributed by atoms with Gasteiger partial charge in [0.15, 0.2) is 6.10 Å². The van der Waals surface area contributed by atoms with E-state index in [1.165, 1.54) is 0 Å². The Morgan fingerprint density at radius 3 is 2.52 bits per heavy atom. The zero-order valence-electron chi connectivity index (χ0n) is 13.2. The summed E-state index contributed by atoms with van der Waals surface area (Å²) in [6.07, 6.45) is -0.894. The highest BCUT2D eigenvalue weighted by Gasteiger charge is 2.20. The molecule has 0 radical (unpaired) electrons. The molecule has 5 heteroatoms. The zero-order chi connectivity index (χ0) is 17.0. The Morgan fingerprint density at radius 1 is 1.13 bits per heavy atom. The smallest absolute Gasteiger partial charge is 0.340 e. The molecule has 1 amide bonds. The van der Waals surface area contributed by atoms with E-state index in [9.17, 15) is 9.59 Å². The first-order valence-corrected chi connectivity index (χ1v) is 8.01. The number of amides is 1. The minimum atomic E-state index is -0.894. The van der Waals surface area contributed by atoms with E-state index in [0.717, 1.165) is 16.8 Å². The summed E-state index contributed by atoms with van der Waals surface area (Å²) in [6.45, 7) is 5.41. The van der Waals surface area contributed by atoms with E-state index >= 15 is 0 Å². The first kappa shape index (κ1) is 17.2. The summed E-state index contributed by atoms with van der Waals surface area (Å²) in [6, 6.07) is 12.7. The van der Waals surface area contributed by atoms with Crippen molar-refractivity contribution in [3.8, 4) is 0 Å². The van der Waals surface area contributed by atoms with Gasteiger partial charge in [-0.3, -0.25) is 4.79 Å².